The number of hydrogen-bond acceptors (Lipinski definition) is 1. The van der Waals surface area contributed by atoms with Crippen molar-refractivity contribution in [2.45, 2.75) is 18.9 Å². The van der Waals surface area contributed by atoms with E-state index in [0.717, 1.165) is 19.4 Å². The number of ether oxygens (including phenoxy) is 1. The van der Waals surface area contributed by atoms with Gasteiger partial charge in [0.1, 0.15) is 0 Å². The van der Waals surface area contributed by atoms with Crippen molar-refractivity contribution in [1.29, 1.82) is 0 Å². The van der Waals surface area contributed by atoms with Crippen LogP contribution in [-0.2, 0) is 11.2 Å². The molecular formula is C12H14O. The van der Waals surface area contributed by atoms with Crippen molar-refractivity contribution in [1.82, 2.24) is 0 Å². The summed E-state index contributed by atoms with van der Waals surface area (Å²) in [5.41, 5.74) is 2.77. The second-order valence-corrected chi connectivity index (χ2v) is 3.33. The zero-order chi connectivity index (χ0) is 9.10. The Bertz CT molecular complexity index is 304. The number of benzene rings is 1. The topological polar surface area (TPSA) is 9.23 Å². The summed E-state index contributed by atoms with van der Waals surface area (Å²) in [5, 5.41) is 0. The van der Waals surface area contributed by atoms with Gasteiger partial charge in [-0.3, -0.25) is 0 Å². The average molecular weight is 174 g/mol. The van der Waals surface area contributed by atoms with Gasteiger partial charge in [0.15, 0.2) is 0 Å². The van der Waals surface area contributed by atoms with Crippen LogP contribution in [0.4, 0.5) is 0 Å². The monoisotopic (exact) mass is 174 g/mol. The van der Waals surface area contributed by atoms with Crippen molar-refractivity contribution in [3.63, 3.8) is 0 Å². The smallest absolute Gasteiger partial charge is 0.0862 e. The normalized spacial score (nSPS) is 20.8. The Balaban J connectivity index is 2.31. The summed E-state index contributed by atoms with van der Waals surface area (Å²) >= 11 is 0. The van der Waals surface area contributed by atoms with Crippen molar-refractivity contribution in [3.8, 4) is 0 Å². The molecule has 0 amide bonds. The predicted octanol–water partition coefficient (Wildman–Crippen LogP) is 2.88. The summed E-state index contributed by atoms with van der Waals surface area (Å²) in [5.74, 6) is 0. The molecule has 0 radical (unpaired) electrons. The van der Waals surface area contributed by atoms with Gasteiger partial charge in [0, 0.05) is 0 Å². The molecule has 0 N–H and O–H groups in total. The Morgan fingerprint density at radius 3 is 3.15 bits per heavy atom. The molecule has 0 saturated heterocycles. The molecule has 1 aliphatic heterocycles. The van der Waals surface area contributed by atoms with Gasteiger partial charge in [-0.2, -0.15) is 0 Å². The summed E-state index contributed by atoms with van der Waals surface area (Å²) in [6.45, 7) is 4.59. The minimum absolute atomic E-state index is 0.238. The van der Waals surface area contributed by atoms with Crippen LogP contribution in [0.3, 0.4) is 0 Å². The summed E-state index contributed by atoms with van der Waals surface area (Å²) in [7, 11) is 0. The van der Waals surface area contributed by atoms with Crippen LogP contribution in [-0.4, -0.2) is 6.61 Å². The highest BCUT2D eigenvalue weighted by atomic mass is 16.5. The summed E-state index contributed by atoms with van der Waals surface area (Å²) < 4.78 is 5.67. The molecule has 2 rings (SSSR count). The van der Waals surface area contributed by atoms with Gasteiger partial charge in [-0.15, -0.1) is 6.58 Å². The Labute approximate surface area is 79.0 Å². The first-order chi connectivity index (χ1) is 6.42. The molecule has 1 aromatic carbocycles. The molecule has 0 aliphatic carbocycles. The fourth-order valence-electron chi connectivity index (χ4n) is 1.82. The molecular weight excluding hydrogens is 160 g/mol. The third-order valence-corrected chi connectivity index (χ3v) is 2.47. The van der Waals surface area contributed by atoms with Crippen molar-refractivity contribution >= 4 is 0 Å². The molecule has 0 aromatic heterocycles. The van der Waals surface area contributed by atoms with Crippen LogP contribution in [0.2, 0.25) is 0 Å². The zero-order valence-electron chi connectivity index (χ0n) is 7.70. The maximum absolute atomic E-state index is 5.67. The molecule has 1 aliphatic rings. The van der Waals surface area contributed by atoms with E-state index in [1.165, 1.54) is 11.1 Å². The van der Waals surface area contributed by atoms with Gasteiger partial charge in [-0.05, 0) is 24.0 Å². The first-order valence-corrected chi connectivity index (χ1v) is 4.72. The highest BCUT2D eigenvalue weighted by Gasteiger charge is 2.18. The molecule has 1 aromatic rings. The molecule has 1 atom stereocenters. The standard InChI is InChI=1S/C12H14O/c1-2-5-12-11-7-4-3-6-10(11)8-9-13-12/h2-4,6-7,12H,1,5,8-9H2/t12-/m0/s1. The molecule has 0 fully saturated rings. The second-order valence-electron chi connectivity index (χ2n) is 3.33. The molecule has 13 heavy (non-hydrogen) atoms. The summed E-state index contributed by atoms with van der Waals surface area (Å²) in [6, 6.07) is 8.51. The van der Waals surface area contributed by atoms with E-state index in [1.807, 2.05) is 6.08 Å². The maximum atomic E-state index is 5.67. The van der Waals surface area contributed by atoms with Crippen LogP contribution < -0.4 is 0 Å². The third-order valence-electron chi connectivity index (χ3n) is 2.47. The first-order valence-electron chi connectivity index (χ1n) is 4.72. The van der Waals surface area contributed by atoms with Crippen LogP contribution in [0.15, 0.2) is 36.9 Å². The minimum atomic E-state index is 0.238. The van der Waals surface area contributed by atoms with Gasteiger partial charge in [0.25, 0.3) is 0 Å². The summed E-state index contributed by atoms with van der Waals surface area (Å²) in [4.78, 5) is 0. The molecule has 0 unspecified atom stereocenters. The fraction of sp³-hybridized carbons (Fsp3) is 0.333. The van der Waals surface area contributed by atoms with Crippen LogP contribution in [0.1, 0.15) is 23.7 Å². The van der Waals surface area contributed by atoms with Crippen LogP contribution >= 0.6 is 0 Å². The van der Waals surface area contributed by atoms with E-state index in [4.69, 9.17) is 4.74 Å². The quantitative estimate of drug-likeness (QED) is 0.626. The fourth-order valence-corrected chi connectivity index (χ4v) is 1.82. The summed E-state index contributed by atoms with van der Waals surface area (Å²) in [6.07, 6.45) is 4.12. The molecule has 1 nitrogen and oxygen atoms in total. The molecule has 1 heterocycles. The van der Waals surface area contributed by atoms with Gasteiger partial charge in [-0.1, -0.05) is 30.3 Å². The lowest BCUT2D eigenvalue weighted by Gasteiger charge is -2.24. The van der Waals surface area contributed by atoms with Crippen LogP contribution in [0.5, 0.6) is 0 Å². The highest BCUT2D eigenvalue weighted by molar-refractivity contribution is 5.31. The maximum Gasteiger partial charge on any atom is 0.0862 e. The SMILES string of the molecule is C=CC[C@@H]1OCCc2ccccc21. The largest absolute Gasteiger partial charge is 0.373 e. The molecule has 1 heteroatoms. The average Bonchev–Trinajstić information content (AvgIpc) is 2.19. The van der Waals surface area contributed by atoms with E-state index in [9.17, 15) is 0 Å². The Morgan fingerprint density at radius 1 is 1.46 bits per heavy atom. The van der Waals surface area contributed by atoms with E-state index >= 15 is 0 Å². The highest BCUT2D eigenvalue weighted by Crippen LogP contribution is 2.29. The van der Waals surface area contributed by atoms with Gasteiger partial charge in [0.2, 0.25) is 0 Å². The lowest BCUT2D eigenvalue weighted by atomic mass is 9.96. The lowest BCUT2D eigenvalue weighted by Crippen LogP contribution is -2.15. The Hall–Kier alpha value is -1.08. The van der Waals surface area contributed by atoms with Gasteiger partial charge >= 0.3 is 0 Å². The van der Waals surface area contributed by atoms with Crippen LogP contribution in [0, 0.1) is 0 Å². The van der Waals surface area contributed by atoms with E-state index < -0.39 is 0 Å². The van der Waals surface area contributed by atoms with Crippen molar-refractivity contribution in [3.05, 3.63) is 48.0 Å². The van der Waals surface area contributed by atoms with Crippen LogP contribution in [0.25, 0.3) is 0 Å². The van der Waals surface area contributed by atoms with Crippen molar-refractivity contribution < 1.29 is 4.74 Å². The number of fused-ring (bicyclic) bond motifs is 1. The first kappa shape index (κ1) is 8.52. The van der Waals surface area contributed by atoms with E-state index in [1.54, 1.807) is 0 Å². The zero-order valence-corrected chi connectivity index (χ0v) is 7.70. The van der Waals surface area contributed by atoms with Gasteiger partial charge in [0.05, 0.1) is 12.7 Å². The Kier molecular flexibility index (Phi) is 2.46. The van der Waals surface area contributed by atoms with Gasteiger partial charge in [-0.25, -0.2) is 0 Å². The van der Waals surface area contributed by atoms with Crippen molar-refractivity contribution in [2.24, 2.45) is 0 Å². The predicted molar refractivity (Wildman–Crippen MR) is 53.7 cm³/mol. The molecule has 0 saturated carbocycles. The second kappa shape index (κ2) is 3.75. The van der Waals surface area contributed by atoms with E-state index in [2.05, 4.69) is 30.8 Å². The minimum Gasteiger partial charge on any atom is -0.373 e. The van der Waals surface area contributed by atoms with E-state index in [-0.39, 0.29) is 6.10 Å². The Morgan fingerprint density at radius 2 is 2.31 bits per heavy atom. The molecule has 0 bridgehead atoms. The number of rotatable bonds is 2. The van der Waals surface area contributed by atoms with Gasteiger partial charge < -0.3 is 4.74 Å². The van der Waals surface area contributed by atoms with E-state index in [0.29, 0.717) is 0 Å². The van der Waals surface area contributed by atoms with Crippen molar-refractivity contribution in [2.75, 3.05) is 6.61 Å². The third kappa shape index (κ3) is 1.65. The lowest BCUT2D eigenvalue weighted by molar-refractivity contribution is 0.0446. The molecule has 68 valence electrons. The number of hydrogen-bond donors (Lipinski definition) is 0. The molecule has 0 spiro atoms.